The highest BCUT2D eigenvalue weighted by Gasteiger charge is 2.16. The fraction of sp³-hybridized carbons (Fsp3) is 0.375. The third kappa shape index (κ3) is 4.01. The molecule has 0 saturated carbocycles. The van der Waals surface area contributed by atoms with E-state index in [1.165, 1.54) is 0 Å². The van der Waals surface area contributed by atoms with Crippen LogP contribution in [0.25, 0.3) is 5.65 Å². The number of piperazine rings is 1. The van der Waals surface area contributed by atoms with E-state index in [9.17, 15) is 0 Å². The molecule has 1 aliphatic heterocycles. The van der Waals surface area contributed by atoms with Gasteiger partial charge in [0.1, 0.15) is 0 Å². The van der Waals surface area contributed by atoms with E-state index in [0.717, 1.165) is 44.3 Å². The lowest BCUT2D eigenvalue weighted by molar-refractivity contribution is 0.270. The number of rotatable bonds is 2. The Balaban J connectivity index is 0.000000149. The van der Waals surface area contributed by atoms with Crippen LogP contribution in [-0.2, 0) is 0 Å². The van der Waals surface area contributed by atoms with Crippen molar-refractivity contribution in [3.63, 3.8) is 0 Å². The van der Waals surface area contributed by atoms with E-state index in [4.69, 9.17) is 0 Å². The van der Waals surface area contributed by atoms with Gasteiger partial charge in [-0.1, -0.05) is 13.0 Å². The van der Waals surface area contributed by atoms with E-state index in [1.807, 2.05) is 34.9 Å². The van der Waals surface area contributed by atoms with Crippen LogP contribution < -0.4 is 4.90 Å². The Morgan fingerprint density at radius 2 is 1.75 bits per heavy atom. The molecule has 0 unspecified atom stereocenters. The number of thiol groups is 1. The lowest BCUT2D eigenvalue weighted by Crippen LogP contribution is -2.46. The maximum atomic E-state index is 4.25. The summed E-state index contributed by atoms with van der Waals surface area (Å²) in [5.74, 6) is 0.864. The first kappa shape index (κ1) is 16.7. The molecule has 3 aromatic heterocycles. The maximum Gasteiger partial charge on any atom is 0.225 e. The number of nitrogens with zero attached hydrogens (tertiary/aromatic N) is 7. The summed E-state index contributed by atoms with van der Waals surface area (Å²) in [6.45, 7) is 7.66. The molecule has 126 valence electrons. The first-order valence-corrected chi connectivity index (χ1v) is 8.45. The second-order valence-electron chi connectivity index (χ2n) is 5.40. The number of hydrogen-bond acceptors (Lipinski definition) is 7. The zero-order valence-electron chi connectivity index (χ0n) is 13.7. The normalized spacial score (nSPS) is 15.2. The number of likely N-dealkylation sites (N-methyl/N-ethyl adjacent to an activating group) is 1. The fourth-order valence-electron chi connectivity index (χ4n) is 2.55. The molecule has 0 atom stereocenters. The van der Waals surface area contributed by atoms with Crippen LogP contribution in [0.5, 0.6) is 0 Å². The summed E-state index contributed by atoms with van der Waals surface area (Å²) in [5, 5.41) is 8.25. The van der Waals surface area contributed by atoms with Gasteiger partial charge in [0.25, 0.3) is 0 Å². The second-order valence-corrected chi connectivity index (χ2v) is 5.80. The van der Waals surface area contributed by atoms with Gasteiger partial charge in [0, 0.05) is 44.8 Å². The minimum absolute atomic E-state index is 0.621. The highest BCUT2D eigenvalue weighted by atomic mass is 32.1. The molecule has 3 aromatic rings. The Kier molecular flexibility index (Phi) is 5.60. The van der Waals surface area contributed by atoms with Crippen molar-refractivity contribution < 1.29 is 0 Å². The molecule has 0 aliphatic carbocycles. The summed E-state index contributed by atoms with van der Waals surface area (Å²) in [7, 11) is 0. The highest BCUT2D eigenvalue weighted by Crippen LogP contribution is 2.08. The summed E-state index contributed by atoms with van der Waals surface area (Å²) in [4.78, 5) is 13.2. The third-order valence-electron chi connectivity index (χ3n) is 3.95. The predicted molar refractivity (Wildman–Crippen MR) is 96.6 cm³/mol. The van der Waals surface area contributed by atoms with Crippen LogP contribution >= 0.6 is 12.6 Å². The molecule has 0 amide bonds. The average Bonchev–Trinajstić information content (AvgIpc) is 3.05. The number of anilines is 1. The third-order valence-corrected chi connectivity index (χ3v) is 4.26. The van der Waals surface area contributed by atoms with Crippen molar-refractivity contribution in [3.05, 3.63) is 42.9 Å². The summed E-state index contributed by atoms with van der Waals surface area (Å²) >= 11 is 4.09. The van der Waals surface area contributed by atoms with E-state index in [-0.39, 0.29) is 0 Å². The van der Waals surface area contributed by atoms with Gasteiger partial charge in [0.05, 0.1) is 0 Å². The van der Waals surface area contributed by atoms with E-state index >= 15 is 0 Å². The Bertz CT molecular complexity index is 753. The van der Waals surface area contributed by atoms with Crippen LogP contribution in [0.1, 0.15) is 6.92 Å². The Labute approximate surface area is 146 Å². The zero-order valence-corrected chi connectivity index (χ0v) is 14.5. The number of hydrogen-bond donors (Lipinski definition) is 1. The molecule has 0 spiro atoms. The molecule has 0 bridgehead atoms. The van der Waals surface area contributed by atoms with Crippen LogP contribution in [0.2, 0.25) is 0 Å². The summed E-state index contributed by atoms with van der Waals surface area (Å²) in [6, 6.07) is 7.56. The molecule has 1 aliphatic rings. The molecule has 4 heterocycles. The lowest BCUT2D eigenvalue weighted by Gasteiger charge is -2.33. The molecule has 0 N–H and O–H groups in total. The Hall–Kier alpha value is -2.19. The summed E-state index contributed by atoms with van der Waals surface area (Å²) < 4.78 is 1.81. The molecule has 1 saturated heterocycles. The van der Waals surface area contributed by atoms with Crippen LogP contribution in [-0.4, -0.2) is 62.2 Å². The van der Waals surface area contributed by atoms with Gasteiger partial charge in [-0.2, -0.15) is 0 Å². The number of aromatic nitrogens is 5. The van der Waals surface area contributed by atoms with Gasteiger partial charge in [0.15, 0.2) is 10.8 Å². The van der Waals surface area contributed by atoms with E-state index in [0.29, 0.717) is 5.16 Å². The number of pyridine rings is 1. The van der Waals surface area contributed by atoms with Crippen molar-refractivity contribution >= 4 is 24.2 Å². The number of fused-ring (bicyclic) bond motifs is 1. The molecular formula is C16H21N7S. The minimum Gasteiger partial charge on any atom is -0.338 e. The molecule has 4 rings (SSSR count). The molecule has 1 fully saturated rings. The molecule has 7 nitrogen and oxygen atoms in total. The van der Waals surface area contributed by atoms with Crippen molar-refractivity contribution in [2.24, 2.45) is 0 Å². The predicted octanol–water partition coefficient (Wildman–Crippen LogP) is 1.64. The fourth-order valence-corrected chi connectivity index (χ4v) is 2.76. The standard InChI is InChI=1S/C10H16N4.C6H5N3S/c1-2-13-6-8-14(9-7-13)10-11-4-3-5-12-10;10-6-8-7-5-3-1-2-4-9(5)6/h3-5H,2,6-9H2,1H3;1-4H,(H,8,10). The van der Waals surface area contributed by atoms with Gasteiger partial charge >= 0.3 is 0 Å². The molecule has 24 heavy (non-hydrogen) atoms. The monoisotopic (exact) mass is 343 g/mol. The molecule has 0 aromatic carbocycles. The highest BCUT2D eigenvalue weighted by molar-refractivity contribution is 7.80. The SMILES string of the molecule is CCN1CCN(c2ncccn2)CC1.Sc1nnc2ccccn12. The van der Waals surface area contributed by atoms with Crippen molar-refractivity contribution in [3.8, 4) is 0 Å². The van der Waals surface area contributed by atoms with Crippen molar-refractivity contribution in [1.29, 1.82) is 0 Å². The van der Waals surface area contributed by atoms with Gasteiger partial charge in [-0.05, 0) is 24.7 Å². The van der Waals surface area contributed by atoms with Crippen LogP contribution in [0.15, 0.2) is 48.0 Å². The first-order chi connectivity index (χ1) is 11.8. The average molecular weight is 343 g/mol. The Morgan fingerprint density at radius 1 is 1.00 bits per heavy atom. The van der Waals surface area contributed by atoms with Gasteiger partial charge in [-0.15, -0.1) is 22.8 Å². The van der Waals surface area contributed by atoms with Crippen molar-refractivity contribution in [2.75, 3.05) is 37.6 Å². The maximum absolute atomic E-state index is 4.25. The topological polar surface area (TPSA) is 62.5 Å². The van der Waals surface area contributed by atoms with Crippen LogP contribution in [0.4, 0.5) is 5.95 Å². The molecule has 0 radical (unpaired) electrons. The van der Waals surface area contributed by atoms with Crippen molar-refractivity contribution in [2.45, 2.75) is 12.1 Å². The van der Waals surface area contributed by atoms with Crippen molar-refractivity contribution in [1.82, 2.24) is 29.5 Å². The minimum atomic E-state index is 0.621. The van der Waals surface area contributed by atoms with Gasteiger partial charge in [-0.25, -0.2) is 9.97 Å². The first-order valence-electron chi connectivity index (χ1n) is 8.01. The Morgan fingerprint density at radius 3 is 2.42 bits per heavy atom. The second kappa shape index (κ2) is 8.07. The molecule has 8 heteroatoms. The molecular weight excluding hydrogens is 322 g/mol. The van der Waals surface area contributed by atoms with E-state index < -0.39 is 0 Å². The van der Waals surface area contributed by atoms with Gasteiger partial charge in [0.2, 0.25) is 5.95 Å². The van der Waals surface area contributed by atoms with Crippen LogP contribution in [0, 0.1) is 0 Å². The van der Waals surface area contributed by atoms with Crippen LogP contribution in [0.3, 0.4) is 0 Å². The van der Waals surface area contributed by atoms with Gasteiger partial charge < -0.3 is 9.80 Å². The summed E-state index contributed by atoms with van der Waals surface area (Å²) in [5.41, 5.74) is 0.826. The smallest absolute Gasteiger partial charge is 0.225 e. The van der Waals surface area contributed by atoms with Gasteiger partial charge in [-0.3, -0.25) is 4.40 Å². The van der Waals surface area contributed by atoms with E-state index in [1.54, 1.807) is 12.4 Å². The van der Waals surface area contributed by atoms with E-state index in [2.05, 4.69) is 49.5 Å². The largest absolute Gasteiger partial charge is 0.338 e. The zero-order chi connectivity index (χ0) is 16.8. The quantitative estimate of drug-likeness (QED) is 0.714. The lowest BCUT2D eigenvalue weighted by atomic mass is 10.3. The summed E-state index contributed by atoms with van der Waals surface area (Å²) in [6.07, 6.45) is 5.47.